The second-order valence-electron chi connectivity index (χ2n) is 5.91. The van der Waals surface area contributed by atoms with Gasteiger partial charge >= 0.3 is 0 Å². The molecule has 16 heavy (non-hydrogen) atoms. The summed E-state index contributed by atoms with van der Waals surface area (Å²) in [5.41, 5.74) is 0.943. The average molecular weight is 476 g/mol. The molecule has 0 unspecified atom stereocenters. The predicted octanol–water partition coefficient (Wildman–Crippen LogP) is 5.33. The highest BCUT2D eigenvalue weighted by Crippen LogP contribution is 2.93. The predicted molar refractivity (Wildman–Crippen MR) is 80.6 cm³/mol. The van der Waals surface area contributed by atoms with E-state index >= 15 is 0 Å². The van der Waals surface area contributed by atoms with Gasteiger partial charge < -0.3 is 0 Å². The number of allylic oxidation sites excluding steroid dienone is 2. The summed E-state index contributed by atoms with van der Waals surface area (Å²) < 4.78 is 0.459. The van der Waals surface area contributed by atoms with E-state index in [-0.39, 0.29) is 6.47 Å². The van der Waals surface area contributed by atoms with Crippen molar-refractivity contribution in [3.63, 3.8) is 0 Å². The van der Waals surface area contributed by atoms with Gasteiger partial charge in [-0.3, -0.25) is 0 Å². The Morgan fingerprint density at radius 3 is 1.69 bits per heavy atom. The van der Waals surface area contributed by atoms with Crippen LogP contribution in [0.25, 0.3) is 0 Å². The van der Waals surface area contributed by atoms with Crippen LogP contribution in [0, 0.1) is 22.7 Å². The van der Waals surface area contributed by atoms with Crippen LogP contribution in [-0.4, -0.2) is 6.47 Å². The van der Waals surface area contributed by atoms with E-state index in [0.29, 0.717) is 10.8 Å². The summed E-state index contributed by atoms with van der Waals surface area (Å²) in [6.45, 7) is 0. The zero-order chi connectivity index (χ0) is 11.4. The highest BCUT2D eigenvalue weighted by Gasteiger charge is 2.90. The Balaban J connectivity index is 1.78. The molecule has 0 heterocycles. The third kappa shape index (κ3) is 0.946. The van der Waals surface area contributed by atoms with Gasteiger partial charge in [-0.05, 0) is 37.5 Å². The molecule has 0 aromatic heterocycles. The van der Waals surface area contributed by atoms with Gasteiger partial charge in [0.05, 0.1) is 6.47 Å². The number of halogens is 4. The van der Waals surface area contributed by atoms with Gasteiger partial charge in [-0.15, -0.1) is 0 Å². The van der Waals surface area contributed by atoms with Crippen molar-refractivity contribution in [2.24, 2.45) is 22.7 Å². The zero-order valence-electron chi connectivity index (χ0n) is 8.65. The van der Waals surface area contributed by atoms with E-state index in [1.807, 2.05) is 0 Å². The topological polar surface area (TPSA) is 0 Å². The minimum Gasteiger partial charge on any atom is -0.0879 e. The summed E-state index contributed by atoms with van der Waals surface area (Å²) in [6.07, 6.45) is 9.93. The van der Waals surface area contributed by atoms with Crippen molar-refractivity contribution >= 4 is 63.7 Å². The van der Waals surface area contributed by atoms with Crippen LogP contribution in [0.1, 0.15) is 25.7 Å². The molecule has 0 nitrogen and oxygen atoms in total. The maximum absolute atomic E-state index is 3.99. The summed E-state index contributed by atoms with van der Waals surface area (Å²) in [7, 11) is 0. The van der Waals surface area contributed by atoms with Crippen molar-refractivity contribution in [2.45, 2.75) is 32.2 Å². The molecule has 0 aliphatic heterocycles. The van der Waals surface area contributed by atoms with E-state index in [1.165, 1.54) is 25.7 Å². The SMILES string of the molecule is BrC1(Br)[C@@H]2C[C@@]34CC=CC[C@@]3(C[C@@H]21)C4(Br)Br. The van der Waals surface area contributed by atoms with Crippen LogP contribution in [0.4, 0.5) is 0 Å². The van der Waals surface area contributed by atoms with E-state index in [0.717, 1.165) is 11.8 Å². The fraction of sp³-hybridized carbons (Fsp3) is 0.833. The highest BCUT2D eigenvalue weighted by atomic mass is 79.9. The van der Waals surface area contributed by atoms with E-state index in [4.69, 9.17) is 0 Å². The van der Waals surface area contributed by atoms with Crippen LogP contribution >= 0.6 is 63.7 Å². The van der Waals surface area contributed by atoms with Crippen molar-refractivity contribution in [2.75, 3.05) is 0 Å². The standard InChI is InChI=1S/C12H12Br4/c13-11(14)7-5-9-3-1-2-4-10(9,6-8(7)11)12(9,15)16/h1-2,7-8H,3-6H2/t7-,8+,9-,10-/m0/s1. The normalized spacial score (nSPS) is 58.2. The molecule has 4 aliphatic rings. The second-order valence-corrected chi connectivity index (χ2v) is 13.0. The van der Waals surface area contributed by atoms with Crippen molar-refractivity contribution in [3.8, 4) is 0 Å². The molecule has 4 rings (SSSR count). The Kier molecular flexibility index (Phi) is 2.07. The maximum Gasteiger partial charge on any atom is 0.0935 e. The monoisotopic (exact) mass is 472 g/mol. The molecule has 0 saturated heterocycles. The Morgan fingerprint density at radius 1 is 0.812 bits per heavy atom. The van der Waals surface area contributed by atoms with E-state index in [9.17, 15) is 0 Å². The first-order chi connectivity index (χ1) is 7.39. The average Bonchev–Trinajstić information content (AvgIpc) is 2.93. The Hall–Kier alpha value is 1.66. The molecular weight excluding hydrogens is 464 g/mol. The summed E-state index contributed by atoms with van der Waals surface area (Å²) in [4.78, 5) is 0. The molecule has 0 bridgehead atoms. The lowest BCUT2D eigenvalue weighted by Gasteiger charge is -2.29. The highest BCUT2D eigenvalue weighted by molar-refractivity contribution is 9.26. The van der Waals surface area contributed by atoms with E-state index in [1.54, 1.807) is 0 Å². The van der Waals surface area contributed by atoms with Gasteiger partial charge in [-0.25, -0.2) is 0 Å². The molecule has 0 amide bonds. The van der Waals surface area contributed by atoms with Crippen LogP contribution in [-0.2, 0) is 0 Å². The number of hydrogen-bond acceptors (Lipinski definition) is 0. The largest absolute Gasteiger partial charge is 0.0935 e. The molecule has 4 heteroatoms. The Morgan fingerprint density at radius 2 is 1.25 bits per heavy atom. The van der Waals surface area contributed by atoms with E-state index < -0.39 is 0 Å². The Labute approximate surface area is 130 Å². The van der Waals surface area contributed by atoms with Crippen molar-refractivity contribution < 1.29 is 0 Å². The molecular formula is C12H12Br4. The van der Waals surface area contributed by atoms with Gasteiger partial charge in [-0.2, -0.15) is 0 Å². The fourth-order valence-electron chi connectivity index (χ4n) is 4.54. The second kappa shape index (κ2) is 2.88. The summed E-state index contributed by atoms with van der Waals surface area (Å²) in [6, 6.07) is 0. The quantitative estimate of drug-likeness (QED) is 0.328. The first-order valence-corrected chi connectivity index (χ1v) is 8.97. The minimum absolute atomic E-state index is 0.201. The Bertz CT molecular complexity index is 379. The maximum atomic E-state index is 3.99. The number of fused-ring (bicyclic) bond motifs is 1. The van der Waals surface area contributed by atoms with Crippen molar-refractivity contribution in [1.29, 1.82) is 0 Å². The number of alkyl halides is 4. The first-order valence-electron chi connectivity index (χ1n) is 5.80. The molecule has 4 aliphatic carbocycles. The van der Waals surface area contributed by atoms with Gasteiger partial charge in [0, 0.05) is 10.8 Å². The van der Waals surface area contributed by atoms with Gasteiger partial charge in [0.2, 0.25) is 0 Å². The van der Waals surface area contributed by atoms with Crippen LogP contribution < -0.4 is 0 Å². The molecule has 0 N–H and O–H groups in total. The molecule has 0 radical (unpaired) electrons. The molecule has 88 valence electrons. The number of hydrogen-bond donors (Lipinski definition) is 0. The minimum atomic E-state index is 0.201. The molecule has 0 aromatic rings. The third-order valence-electron chi connectivity index (χ3n) is 5.66. The number of rotatable bonds is 0. The van der Waals surface area contributed by atoms with Crippen LogP contribution in [0.15, 0.2) is 12.2 Å². The fourth-order valence-corrected chi connectivity index (χ4v) is 8.81. The van der Waals surface area contributed by atoms with Crippen molar-refractivity contribution in [3.05, 3.63) is 12.2 Å². The smallest absolute Gasteiger partial charge is 0.0879 e. The lowest BCUT2D eigenvalue weighted by molar-refractivity contribution is 0.221. The first kappa shape index (κ1) is 11.5. The van der Waals surface area contributed by atoms with Gasteiger partial charge in [-0.1, -0.05) is 75.9 Å². The van der Waals surface area contributed by atoms with Crippen molar-refractivity contribution in [1.82, 2.24) is 0 Å². The summed E-state index contributed by atoms with van der Waals surface area (Å²) >= 11 is 15.7. The molecule has 0 aromatic carbocycles. The molecule has 3 fully saturated rings. The van der Waals surface area contributed by atoms with Crippen LogP contribution in [0.5, 0.6) is 0 Å². The molecule has 3 saturated carbocycles. The molecule has 4 atom stereocenters. The lowest BCUT2D eigenvalue weighted by Crippen LogP contribution is -2.22. The molecule has 0 spiro atoms. The van der Waals surface area contributed by atoms with Gasteiger partial charge in [0.15, 0.2) is 0 Å². The lowest BCUT2D eigenvalue weighted by atomic mass is 9.73. The van der Waals surface area contributed by atoms with Crippen LogP contribution in [0.3, 0.4) is 0 Å². The van der Waals surface area contributed by atoms with Gasteiger partial charge in [0.1, 0.15) is 0 Å². The zero-order valence-corrected chi connectivity index (χ0v) is 15.0. The van der Waals surface area contributed by atoms with Gasteiger partial charge in [0.25, 0.3) is 0 Å². The third-order valence-corrected chi connectivity index (χ3v) is 11.0. The van der Waals surface area contributed by atoms with Crippen LogP contribution in [0.2, 0.25) is 0 Å². The summed E-state index contributed by atoms with van der Waals surface area (Å²) in [5.74, 6) is 1.65. The van der Waals surface area contributed by atoms with E-state index in [2.05, 4.69) is 75.9 Å². The summed E-state index contributed by atoms with van der Waals surface area (Å²) in [5, 5.41) is 0.